The fraction of sp³-hybridized carbons (Fsp3) is 0.231. The molecule has 0 unspecified atom stereocenters. The van der Waals surface area contributed by atoms with E-state index in [4.69, 9.17) is 10.2 Å². The van der Waals surface area contributed by atoms with Crippen molar-refractivity contribution in [3.8, 4) is 21.3 Å². The molecule has 19 heavy (non-hydrogen) atoms. The molecular formula is C13H13N3OS2. The molecular weight excluding hydrogens is 278 g/mol. The number of thiazole rings is 2. The first-order valence-corrected chi connectivity index (χ1v) is 7.60. The van der Waals surface area contributed by atoms with Crippen LogP contribution in [0, 0.1) is 0 Å². The lowest BCUT2D eigenvalue weighted by Gasteiger charge is -2.01. The van der Waals surface area contributed by atoms with Gasteiger partial charge in [-0.2, -0.15) is 0 Å². The lowest BCUT2D eigenvalue weighted by atomic mass is 10.1. The van der Waals surface area contributed by atoms with Gasteiger partial charge in [0.2, 0.25) is 0 Å². The van der Waals surface area contributed by atoms with Gasteiger partial charge in [-0.3, -0.25) is 0 Å². The Hall–Kier alpha value is -1.66. The minimum atomic E-state index is 0.331. The number of furan rings is 1. The normalized spacial score (nSPS) is 11.3. The fourth-order valence-electron chi connectivity index (χ4n) is 1.80. The molecule has 98 valence electrons. The Morgan fingerprint density at radius 3 is 2.74 bits per heavy atom. The van der Waals surface area contributed by atoms with Crippen LogP contribution in [0.4, 0.5) is 5.13 Å². The summed E-state index contributed by atoms with van der Waals surface area (Å²) in [6, 6.07) is 3.79. The number of nitrogens with zero attached hydrogens (tertiary/aromatic N) is 2. The molecule has 3 aromatic heterocycles. The van der Waals surface area contributed by atoms with Crippen LogP contribution in [0.15, 0.2) is 28.2 Å². The van der Waals surface area contributed by atoms with Crippen LogP contribution in [0.5, 0.6) is 0 Å². The Morgan fingerprint density at radius 1 is 1.32 bits per heavy atom. The molecule has 0 fully saturated rings. The van der Waals surface area contributed by atoms with Crippen molar-refractivity contribution in [2.75, 3.05) is 5.73 Å². The van der Waals surface area contributed by atoms with Crippen molar-refractivity contribution in [3.05, 3.63) is 29.5 Å². The molecule has 2 N–H and O–H groups in total. The Bertz CT molecular complexity index is 683. The first-order chi connectivity index (χ1) is 9.15. The van der Waals surface area contributed by atoms with Crippen molar-refractivity contribution in [2.45, 2.75) is 19.8 Å². The molecule has 0 saturated heterocycles. The summed E-state index contributed by atoms with van der Waals surface area (Å²) in [4.78, 5) is 10.1. The largest absolute Gasteiger partial charge is 0.462 e. The van der Waals surface area contributed by atoms with Crippen LogP contribution in [0.3, 0.4) is 0 Å². The van der Waals surface area contributed by atoms with Crippen LogP contribution in [0.25, 0.3) is 21.3 Å². The summed E-state index contributed by atoms with van der Waals surface area (Å²) in [5.41, 5.74) is 7.66. The lowest BCUT2D eigenvalue weighted by molar-refractivity contribution is 0.581. The molecule has 0 aliphatic heterocycles. The highest BCUT2D eigenvalue weighted by molar-refractivity contribution is 7.19. The van der Waals surface area contributed by atoms with E-state index in [0.717, 1.165) is 27.0 Å². The third-order valence-corrected chi connectivity index (χ3v) is 4.47. The fourth-order valence-corrected chi connectivity index (χ4v) is 3.58. The maximum Gasteiger partial charge on any atom is 0.180 e. The molecule has 0 aliphatic rings. The zero-order valence-corrected chi connectivity index (χ0v) is 12.2. The Kier molecular flexibility index (Phi) is 3.12. The van der Waals surface area contributed by atoms with E-state index >= 15 is 0 Å². The topological polar surface area (TPSA) is 64.9 Å². The summed E-state index contributed by atoms with van der Waals surface area (Å²) in [5, 5.41) is 3.44. The number of rotatable bonds is 3. The van der Waals surface area contributed by atoms with Crippen LogP contribution < -0.4 is 5.73 Å². The number of nitrogens with two attached hydrogens (primary N) is 1. The molecule has 0 radical (unpaired) electrons. The Balaban J connectivity index is 2.12. The minimum absolute atomic E-state index is 0.331. The smallest absolute Gasteiger partial charge is 0.180 e. The second-order valence-electron chi connectivity index (χ2n) is 4.44. The van der Waals surface area contributed by atoms with E-state index in [0.29, 0.717) is 11.0 Å². The van der Waals surface area contributed by atoms with E-state index in [9.17, 15) is 0 Å². The summed E-state index contributed by atoms with van der Waals surface area (Å²) in [7, 11) is 0. The standard InChI is InChI=1S/C13H13N3OS2/c1-7(2)10-11(8-6-18-13(14)15-8)19-12(16-10)9-4-3-5-17-9/h3-7H,1-2H3,(H2,14,15). The molecule has 3 aromatic rings. The average Bonchev–Trinajstić information content (AvgIpc) is 3.07. The van der Waals surface area contributed by atoms with Crippen LogP contribution in [-0.2, 0) is 0 Å². The van der Waals surface area contributed by atoms with E-state index in [1.807, 2.05) is 17.5 Å². The van der Waals surface area contributed by atoms with Crippen LogP contribution in [0.2, 0.25) is 0 Å². The van der Waals surface area contributed by atoms with Crippen molar-refractivity contribution in [3.63, 3.8) is 0 Å². The van der Waals surface area contributed by atoms with Gasteiger partial charge in [0.05, 0.1) is 22.5 Å². The van der Waals surface area contributed by atoms with Crippen molar-refractivity contribution in [1.29, 1.82) is 0 Å². The van der Waals surface area contributed by atoms with Gasteiger partial charge in [0.25, 0.3) is 0 Å². The zero-order valence-electron chi connectivity index (χ0n) is 10.6. The van der Waals surface area contributed by atoms with Gasteiger partial charge < -0.3 is 10.2 Å². The van der Waals surface area contributed by atoms with Crippen LogP contribution >= 0.6 is 22.7 Å². The van der Waals surface area contributed by atoms with E-state index in [1.54, 1.807) is 17.6 Å². The molecule has 0 amide bonds. The summed E-state index contributed by atoms with van der Waals surface area (Å²) < 4.78 is 5.41. The molecule has 3 heterocycles. The van der Waals surface area contributed by atoms with E-state index < -0.39 is 0 Å². The number of anilines is 1. The highest BCUT2D eigenvalue weighted by atomic mass is 32.1. The van der Waals surface area contributed by atoms with Crippen molar-refractivity contribution in [2.24, 2.45) is 0 Å². The third kappa shape index (κ3) is 2.29. The average molecular weight is 291 g/mol. The Labute approximate surface area is 118 Å². The highest BCUT2D eigenvalue weighted by Gasteiger charge is 2.19. The minimum Gasteiger partial charge on any atom is -0.462 e. The predicted octanol–water partition coefficient (Wildman–Crippen LogP) is 4.23. The van der Waals surface area contributed by atoms with Crippen molar-refractivity contribution >= 4 is 27.8 Å². The van der Waals surface area contributed by atoms with Crippen LogP contribution in [0.1, 0.15) is 25.5 Å². The van der Waals surface area contributed by atoms with Gasteiger partial charge in [-0.15, -0.1) is 22.7 Å². The SMILES string of the molecule is CC(C)c1nc(-c2ccco2)sc1-c1csc(N)n1. The number of hydrogen-bond donors (Lipinski definition) is 1. The van der Waals surface area contributed by atoms with Gasteiger partial charge >= 0.3 is 0 Å². The van der Waals surface area contributed by atoms with Gasteiger partial charge in [0.15, 0.2) is 15.9 Å². The van der Waals surface area contributed by atoms with E-state index in [2.05, 4.69) is 23.8 Å². The summed E-state index contributed by atoms with van der Waals surface area (Å²) >= 11 is 3.04. The number of hydrogen-bond acceptors (Lipinski definition) is 6. The lowest BCUT2D eigenvalue weighted by Crippen LogP contribution is -1.91. The van der Waals surface area contributed by atoms with E-state index in [1.165, 1.54) is 11.3 Å². The maximum atomic E-state index is 5.72. The Morgan fingerprint density at radius 2 is 2.16 bits per heavy atom. The molecule has 4 nitrogen and oxygen atoms in total. The molecule has 6 heteroatoms. The number of aromatic nitrogens is 2. The maximum absolute atomic E-state index is 5.72. The third-order valence-electron chi connectivity index (χ3n) is 2.69. The molecule has 0 aliphatic carbocycles. The molecule has 0 saturated carbocycles. The monoisotopic (exact) mass is 291 g/mol. The predicted molar refractivity (Wildman–Crippen MR) is 79.4 cm³/mol. The van der Waals surface area contributed by atoms with Gasteiger partial charge in [-0.1, -0.05) is 13.8 Å². The first kappa shape index (κ1) is 12.4. The van der Waals surface area contributed by atoms with Crippen LogP contribution in [-0.4, -0.2) is 9.97 Å². The van der Waals surface area contributed by atoms with Gasteiger partial charge in [0, 0.05) is 5.38 Å². The first-order valence-electron chi connectivity index (χ1n) is 5.91. The van der Waals surface area contributed by atoms with Gasteiger partial charge in [0.1, 0.15) is 0 Å². The molecule has 0 atom stereocenters. The van der Waals surface area contributed by atoms with Crippen molar-refractivity contribution in [1.82, 2.24) is 9.97 Å². The summed E-state index contributed by atoms with van der Waals surface area (Å²) in [6.45, 7) is 4.25. The molecule has 3 rings (SSSR count). The molecule has 0 aromatic carbocycles. The number of nitrogen functional groups attached to an aromatic ring is 1. The van der Waals surface area contributed by atoms with Gasteiger partial charge in [-0.05, 0) is 18.1 Å². The highest BCUT2D eigenvalue weighted by Crippen LogP contribution is 2.39. The summed E-state index contributed by atoms with van der Waals surface area (Å²) in [6.07, 6.45) is 1.66. The molecule has 0 bridgehead atoms. The van der Waals surface area contributed by atoms with Crippen molar-refractivity contribution < 1.29 is 4.42 Å². The molecule has 0 spiro atoms. The zero-order chi connectivity index (χ0) is 13.4. The van der Waals surface area contributed by atoms with Gasteiger partial charge in [-0.25, -0.2) is 9.97 Å². The van der Waals surface area contributed by atoms with E-state index in [-0.39, 0.29) is 0 Å². The quantitative estimate of drug-likeness (QED) is 0.784. The summed E-state index contributed by atoms with van der Waals surface area (Å²) in [5.74, 6) is 1.12. The second kappa shape index (κ2) is 4.79. The second-order valence-corrected chi connectivity index (χ2v) is 6.33.